The Balaban J connectivity index is 1.67. The molecular formula is C15H22ClN3O2. The van der Waals surface area contributed by atoms with Crippen molar-refractivity contribution in [2.24, 2.45) is 5.92 Å². The molecule has 0 aromatic heterocycles. The molecule has 0 saturated heterocycles. The summed E-state index contributed by atoms with van der Waals surface area (Å²) in [5, 5.41) is 3.33. The molecule has 1 aliphatic carbocycles. The van der Waals surface area contributed by atoms with Gasteiger partial charge in [0, 0.05) is 18.2 Å². The van der Waals surface area contributed by atoms with Crippen LogP contribution in [0.1, 0.15) is 12.8 Å². The molecule has 0 heterocycles. The molecule has 0 radical (unpaired) electrons. The van der Waals surface area contributed by atoms with Gasteiger partial charge in [-0.2, -0.15) is 0 Å². The third-order valence-corrected chi connectivity index (χ3v) is 3.60. The number of rotatable bonds is 8. The predicted molar refractivity (Wildman–Crippen MR) is 85.5 cm³/mol. The lowest BCUT2D eigenvalue weighted by atomic mass is 10.2. The Morgan fingerprint density at radius 1 is 1.52 bits per heavy atom. The Morgan fingerprint density at radius 2 is 2.29 bits per heavy atom. The van der Waals surface area contributed by atoms with E-state index in [1.54, 1.807) is 18.2 Å². The summed E-state index contributed by atoms with van der Waals surface area (Å²) in [6.45, 7) is 2.54. The number of nitrogen functional groups attached to an aromatic ring is 1. The molecule has 3 N–H and O–H groups in total. The summed E-state index contributed by atoms with van der Waals surface area (Å²) >= 11 is 5.82. The number of nitrogens with zero attached hydrogens (tertiary/aromatic N) is 1. The molecule has 0 aliphatic heterocycles. The summed E-state index contributed by atoms with van der Waals surface area (Å²) in [4.78, 5) is 13.9. The second-order valence-electron chi connectivity index (χ2n) is 5.54. The van der Waals surface area contributed by atoms with E-state index in [-0.39, 0.29) is 5.91 Å². The molecule has 1 aliphatic rings. The van der Waals surface area contributed by atoms with Gasteiger partial charge in [-0.15, -0.1) is 0 Å². The second-order valence-corrected chi connectivity index (χ2v) is 5.97. The number of nitrogens with two attached hydrogens (primary N) is 1. The monoisotopic (exact) mass is 311 g/mol. The summed E-state index contributed by atoms with van der Waals surface area (Å²) in [7, 11) is 1.89. The molecule has 1 fully saturated rings. The molecule has 116 valence electrons. The Hall–Kier alpha value is -1.30. The largest absolute Gasteiger partial charge is 0.397 e. The maximum Gasteiger partial charge on any atom is 0.238 e. The number of carbonyl (C=O) groups is 1. The highest BCUT2D eigenvalue weighted by Gasteiger charge is 2.21. The van der Waals surface area contributed by atoms with Gasteiger partial charge in [0.1, 0.15) is 0 Å². The molecule has 0 spiro atoms. The Bertz CT molecular complexity index is 492. The molecule has 1 aromatic carbocycles. The van der Waals surface area contributed by atoms with Crippen molar-refractivity contribution in [3.8, 4) is 0 Å². The van der Waals surface area contributed by atoms with Crippen LogP contribution in [0, 0.1) is 5.92 Å². The second kappa shape index (κ2) is 7.64. The fourth-order valence-electron chi connectivity index (χ4n) is 1.92. The van der Waals surface area contributed by atoms with Gasteiger partial charge in [0.2, 0.25) is 5.91 Å². The smallest absolute Gasteiger partial charge is 0.238 e. The number of carbonyl (C=O) groups excluding carboxylic acids is 1. The highest BCUT2D eigenvalue weighted by molar-refractivity contribution is 6.31. The zero-order chi connectivity index (χ0) is 15.2. The molecular weight excluding hydrogens is 290 g/mol. The van der Waals surface area contributed by atoms with Crippen LogP contribution in [0.5, 0.6) is 0 Å². The fraction of sp³-hybridized carbons (Fsp3) is 0.533. The Kier molecular flexibility index (Phi) is 5.85. The Labute approximate surface area is 130 Å². The minimum atomic E-state index is -0.103. The van der Waals surface area contributed by atoms with Crippen molar-refractivity contribution < 1.29 is 9.53 Å². The molecule has 1 aromatic rings. The van der Waals surface area contributed by atoms with Crippen molar-refractivity contribution >= 4 is 28.9 Å². The van der Waals surface area contributed by atoms with Crippen molar-refractivity contribution in [2.75, 3.05) is 44.4 Å². The van der Waals surface area contributed by atoms with Crippen LogP contribution in [-0.2, 0) is 9.53 Å². The maximum atomic E-state index is 11.9. The molecule has 0 unspecified atom stereocenters. The van der Waals surface area contributed by atoms with Crippen molar-refractivity contribution in [3.05, 3.63) is 23.2 Å². The molecule has 21 heavy (non-hydrogen) atoms. The number of benzene rings is 1. The standard InChI is InChI=1S/C15H22ClN3O2/c1-19(6-7-21-10-11-2-3-11)9-15(20)18-14-5-4-12(16)8-13(14)17/h4-5,8,11H,2-3,6-7,9-10,17H2,1H3,(H,18,20). The van der Waals surface area contributed by atoms with Gasteiger partial charge in [0.05, 0.1) is 24.5 Å². The summed E-state index contributed by atoms with van der Waals surface area (Å²) < 4.78 is 5.55. The molecule has 0 atom stereocenters. The number of amides is 1. The first-order valence-electron chi connectivity index (χ1n) is 7.16. The number of anilines is 2. The molecule has 0 bridgehead atoms. The van der Waals surface area contributed by atoms with Crippen molar-refractivity contribution in [1.82, 2.24) is 4.90 Å². The van der Waals surface area contributed by atoms with Gasteiger partial charge in [0.15, 0.2) is 0 Å². The van der Waals surface area contributed by atoms with Gasteiger partial charge >= 0.3 is 0 Å². The van der Waals surface area contributed by atoms with Gasteiger partial charge in [-0.3, -0.25) is 9.69 Å². The van der Waals surface area contributed by atoms with Gasteiger partial charge in [0.25, 0.3) is 0 Å². The first-order valence-corrected chi connectivity index (χ1v) is 7.53. The van der Waals surface area contributed by atoms with E-state index in [1.165, 1.54) is 12.8 Å². The summed E-state index contributed by atoms with van der Waals surface area (Å²) in [6.07, 6.45) is 2.58. The third kappa shape index (κ3) is 5.91. The highest BCUT2D eigenvalue weighted by atomic mass is 35.5. The van der Waals surface area contributed by atoms with Crippen LogP contribution >= 0.6 is 11.6 Å². The van der Waals surface area contributed by atoms with Crippen molar-refractivity contribution in [3.63, 3.8) is 0 Å². The van der Waals surface area contributed by atoms with E-state index in [2.05, 4.69) is 5.32 Å². The van der Waals surface area contributed by atoms with Gasteiger partial charge in [-0.05, 0) is 44.0 Å². The molecule has 5 nitrogen and oxygen atoms in total. The summed E-state index contributed by atoms with van der Waals surface area (Å²) in [5.41, 5.74) is 6.85. The van der Waals surface area contributed by atoms with Gasteiger partial charge in [-0.1, -0.05) is 11.6 Å². The average Bonchev–Trinajstić information content (AvgIpc) is 3.22. The number of halogens is 1. The van der Waals surface area contributed by atoms with Crippen LogP contribution in [-0.4, -0.2) is 44.2 Å². The van der Waals surface area contributed by atoms with E-state index in [0.29, 0.717) is 29.5 Å². The number of hydrogen-bond donors (Lipinski definition) is 2. The van der Waals surface area contributed by atoms with Crippen LogP contribution in [0.3, 0.4) is 0 Å². The molecule has 1 amide bonds. The van der Waals surface area contributed by atoms with Gasteiger partial charge in [-0.25, -0.2) is 0 Å². The predicted octanol–water partition coefficient (Wildman–Crippen LogP) is 2.22. The average molecular weight is 312 g/mol. The maximum absolute atomic E-state index is 11.9. The lowest BCUT2D eigenvalue weighted by Crippen LogP contribution is -2.32. The van der Waals surface area contributed by atoms with Crippen molar-refractivity contribution in [2.45, 2.75) is 12.8 Å². The number of hydrogen-bond acceptors (Lipinski definition) is 4. The highest BCUT2D eigenvalue weighted by Crippen LogP contribution is 2.28. The van der Waals surface area contributed by atoms with E-state index >= 15 is 0 Å². The summed E-state index contributed by atoms with van der Waals surface area (Å²) in [6, 6.07) is 5.02. The number of nitrogens with one attached hydrogen (secondary N) is 1. The lowest BCUT2D eigenvalue weighted by molar-refractivity contribution is -0.117. The fourth-order valence-corrected chi connectivity index (χ4v) is 2.10. The molecule has 6 heteroatoms. The van der Waals surface area contributed by atoms with Crippen LogP contribution in [0.25, 0.3) is 0 Å². The Morgan fingerprint density at radius 3 is 2.95 bits per heavy atom. The van der Waals surface area contributed by atoms with E-state index < -0.39 is 0 Å². The minimum Gasteiger partial charge on any atom is -0.397 e. The van der Waals surface area contributed by atoms with E-state index in [1.807, 2.05) is 11.9 Å². The van der Waals surface area contributed by atoms with E-state index in [4.69, 9.17) is 22.1 Å². The lowest BCUT2D eigenvalue weighted by Gasteiger charge is -2.16. The first-order chi connectivity index (χ1) is 10.0. The minimum absolute atomic E-state index is 0.103. The molecule has 2 rings (SSSR count). The topological polar surface area (TPSA) is 67.6 Å². The van der Waals surface area contributed by atoms with Gasteiger partial charge < -0.3 is 15.8 Å². The summed E-state index contributed by atoms with van der Waals surface area (Å²) in [5.74, 6) is 0.667. The van der Waals surface area contributed by atoms with Crippen LogP contribution < -0.4 is 11.1 Å². The zero-order valence-corrected chi connectivity index (χ0v) is 13.0. The quantitative estimate of drug-likeness (QED) is 0.570. The van der Waals surface area contributed by atoms with Crippen LogP contribution in [0.15, 0.2) is 18.2 Å². The number of likely N-dealkylation sites (N-methyl/N-ethyl adjacent to an activating group) is 1. The van der Waals surface area contributed by atoms with E-state index in [9.17, 15) is 4.79 Å². The van der Waals surface area contributed by atoms with Crippen LogP contribution in [0.2, 0.25) is 5.02 Å². The van der Waals surface area contributed by atoms with Crippen molar-refractivity contribution in [1.29, 1.82) is 0 Å². The molecule has 1 saturated carbocycles. The third-order valence-electron chi connectivity index (χ3n) is 3.37. The first kappa shape index (κ1) is 16.1. The van der Waals surface area contributed by atoms with E-state index in [0.717, 1.165) is 19.1 Å². The zero-order valence-electron chi connectivity index (χ0n) is 12.3. The SMILES string of the molecule is CN(CCOCC1CC1)CC(=O)Nc1ccc(Cl)cc1N. The normalized spacial score (nSPS) is 14.4. The van der Waals surface area contributed by atoms with Crippen LogP contribution in [0.4, 0.5) is 11.4 Å². The number of ether oxygens (including phenoxy) is 1.